The van der Waals surface area contributed by atoms with Crippen molar-refractivity contribution in [3.8, 4) is 5.75 Å². The fraction of sp³-hybridized carbons (Fsp3) is 0.182. The summed E-state index contributed by atoms with van der Waals surface area (Å²) in [5.41, 5.74) is 2.00. The Hall–Kier alpha value is -2.65. The molecule has 10 heteroatoms. The summed E-state index contributed by atoms with van der Waals surface area (Å²) in [5.74, 6) is 0.235. The molecular formula is C22H18Cl2N2O5S. The van der Waals surface area contributed by atoms with Gasteiger partial charge in [-0.3, -0.25) is 10.1 Å². The molecule has 1 heterocycles. The van der Waals surface area contributed by atoms with Gasteiger partial charge in [-0.05, 0) is 47.0 Å². The average Bonchev–Trinajstić information content (AvgIpc) is 2.79. The molecule has 0 saturated carbocycles. The van der Waals surface area contributed by atoms with Crippen LogP contribution in [0.4, 0.5) is 5.69 Å². The van der Waals surface area contributed by atoms with E-state index in [2.05, 4.69) is 0 Å². The molecule has 0 N–H and O–H groups in total. The van der Waals surface area contributed by atoms with Gasteiger partial charge in [0.25, 0.3) is 5.69 Å². The standard InChI is InChI=1S/C22H18Cl2N2O5S/c1-31-16-7-8-17-15(10-16)12-25(13-18(17)14-6-9-19(23)20(24)11-14)32(29,30)22-5-3-2-4-21(22)26(27)28/h2-11,18H,12-13H2,1H3. The van der Waals surface area contributed by atoms with E-state index in [1.165, 1.54) is 35.7 Å². The van der Waals surface area contributed by atoms with Gasteiger partial charge in [-0.1, -0.05) is 47.5 Å². The van der Waals surface area contributed by atoms with E-state index in [1.807, 2.05) is 12.1 Å². The van der Waals surface area contributed by atoms with Crippen molar-refractivity contribution in [3.05, 3.63) is 97.5 Å². The lowest BCUT2D eigenvalue weighted by atomic mass is 9.85. The number of nitro groups is 1. The molecule has 7 nitrogen and oxygen atoms in total. The minimum absolute atomic E-state index is 0.0543. The van der Waals surface area contributed by atoms with Crippen LogP contribution < -0.4 is 4.74 Å². The topological polar surface area (TPSA) is 89.8 Å². The van der Waals surface area contributed by atoms with Crippen molar-refractivity contribution in [3.63, 3.8) is 0 Å². The molecule has 0 bridgehead atoms. The lowest BCUT2D eigenvalue weighted by Gasteiger charge is -2.34. The van der Waals surface area contributed by atoms with Crippen LogP contribution in [-0.4, -0.2) is 31.3 Å². The van der Waals surface area contributed by atoms with Crippen LogP contribution in [0.1, 0.15) is 22.6 Å². The van der Waals surface area contributed by atoms with E-state index in [0.717, 1.165) is 16.7 Å². The maximum atomic E-state index is 13.5. The van der Waals surface area contributed by atoms with Crippen LogP contribution in [0.2, 0.25) is 10.0 Å². The highest BCUT2D eigenvalue weighted by molar-refractivity contribution is 7.89. The first-order valence-electron chi connectivity index (χ1n) is 9.57. The first kappa shape index (κ1) is 22.5. The van der Waals surface area contributed by atoms with Gasteiger partial charge in [0.1, 0.15) is 5.75 Å². The Morgan fingerprint density at radius 2 is 1.81 bits per heavy atom. The van der Waals surface area contributed by atoms with Crippen molar-refractivity contribution in [1.82, 2.24) is 4.31 Å². The predicted molar refractivity (Wildman–Crippen MR) is 122 cm³/mol. The second-order valence-corrected chi connectivity index (χ2v) is 10.0. The molecule has 1 aliphatic rings. The van der Waals surface area contributed by atoms with Crippen LogP contribution >= 0.6 is 23.2 Å². The quantitative estimate of drug-likeness (QED) is 0.358. The van der Waals surface area contributed by atoms with Crippen molar-refractivity contribution in [2.45, 2.75) is 17.4 Å². The summed E-state index contributed by atoms with van der Waals surface area (Å²) < 4.78 is 33.6. The van der Waals surface area contributed by atoms with Crippen LogP contribution in [0, 0.1) is 10.1 Å². The number of methoxy groups -OCH3 is 1. The third-order valence-corrected chi connectivity index (χ3v) is 8.08. The van der Waals surface area contributed by atoms with Gasteiger partial charge in [-0.25, -0.2) is 8.42 Å². The van der Waals surface area contributed by atoms with Crippen LogP contribution in [0.5, 0.6) is 5.75 Å². The number of halogens is 2. The second kappa shape index (κ2) is 8.71. The van der Waals surface area contributed by atoms with Crippen LogP contribution in [-0.2, 0) is 16.6 Å². The van der Waals surface area contributed by atoms with E-state index in [9.17, 15) is 18.5 Å². The summed E-state index contributed by atoms with van der Waals surface area (Å²) in [4.78, 5) is 10.4. The molecule has 4 rings (SSSR count). The number of fused-ring (bicyclic) bond motifs is 1. The Morgan fingerprint density at radius 1 is 1.06 bits per heavy atom. The van der Waals surface area contributed by atoms with Crippen molar-refractivity contribution in [2.24, 2.45) is 0 Å². The number of nitro benzene ring substituents is 1. The largest absolute Gasteiger partial charge is 0.497 e. The first-order chi connectivity index (χ1) is 15.2. The monoisotopic (exact) mass is 492 g/mol. The molecule has 0 amide bonds. The van der Waals surface area contributed by atoms with Gasteiger partial charge in [0.05, 0.1) is 22.1 Å². The molecule has 0 aromatic heterocycles. The zero-order chi connectivity index (χ0) is 23.0. The zero-order valence-corrected chi connectivity index (χ0v) is 19.2. The van der Waals surface area contributed by atoms with E-state index < -0.39 is 20.6 Å². The van der Waals surface area contributed by atoms with E-state index in [4.69, 9.17) is 27.9 Å². The number of nitrogens with zero attached hydrogens (tertiary/aromatic N) is 2. The van der Waals surface area contributed by atoms with Crippen molar-refractivity contribution < 1.29 is 18.1 Å². The molecule has 1 aliphatic heterocycles. The Bertz CT molecular complexity index is 1310. The van der Waals surface area contributed by atoms with E-state index in [-0.39, 0.29) is 23.9 Å². The van der Waals surface area contributed by atoms with Gasteiger partial charge < -0.3 is 4.74 Å². The number of hydrogen-bond donors (Lipinski definition) is 0. The maximum Gasteiger partial charge on any atom is 0.289 e. The number of benzene rings is 3. The highest BCUT2D eigenvalue weighted by Crippen LogP contribution is 2.40. The summed E-state index contributed by atoms with van der Waals surface area (Å²) in [6.07, 6.45) is 0. The molecule has 3 aromatic rings. The minimum atomic E-state index is -4.17. The maximum absolute atomic E-state index is 13.5. The average molecular weight is 493 g/mol. The lowest BCUT2D eigenvalue weighted by molar-refractivity contribution is -0.387. The van der Waals surface area contributed by atoms with Crippen molar-refractivity contribution in [1.29, 1.82) is 0 Å². The molecule has 32 heavy (non-hydrogen) atoms. The predicted octanol–water partition coefficient (Wildman–Crippen LogP) is 5.25. The zero-order valence-electron chi connectivity index (χ0n) is 16.9. The van der Waals surface area contributed by atoms with E-state index in [0.29, 0.717) is 15.8 Å². The summed E-state index contributed by atoms with van der Waals surface area (Å²) in [6, 6.07) is 16.0. The third kappa shape index (κ3) is 4.06. The van der Waals surface area contributed by atoms with E-state index in [1.54, 1.807) is 24.3 Å². The molecule has 3 aromatic carbocycles. The van der Waals surface area contributed by atoms with Crippen molar-refractivity contribution in [2.75, 3.05) is 13.7 Å². The van der Waals surface area contributed by atoms with Crippen LogP contribution in [0.25, 0.3) is 0 Å². The second-order valence-electron chi connectivity index (χ2n) is 7.31. The molecular weight excluding hydrogens is 475 g/mol. The molecule has 1 unspecified atom stereocenters. The Labute approximate surface area is 195 Å². The van der Waals surface area contributed by atoms with Crippen LogP contribution in [0.15, 0.2) is 65.6 Å². The van der Waals surface area contributed by atoms with Crippen molar-refractivity contribution >= 4 is 38.9 Å². The molecule has 0 radical (unpaired) electrons. The number of hydrogen-bond acceptors (Lipinski definition) is 5. The van der Waals surface area contributed by atoms with Gasteiger partial charge >= 0.3 is 0 Å². The number of para-hydroxylation sites is 1. The summed E-state index contributed by atoms with van der Waals surface area (Å²) >= 11 is 12.3. The van der Waals surface area contributed by atoms with Gasteiger partial charge in [0, 0.05) is 25.1 Å². The van der Waals surface area contributed by atoms with Gasteiger partial charge in [-0.2, -0.15) is 4.31 Å². The fourth-order valence-electron chi connectivity index (χ4n) is 3.90. The molecule has 1 atom stereocenters. The first-order valence-corrected chi connectivity index (χ1v) is 11.8. The van der Waals surface area contributed by atoms with Crippen LogP contribution in [0.3, 0.4) is 0 Å². The molecule has 0 saturated heterocycles. The molecule has 0 fully saturated rings. The Balaban J connectivity index is 1.85. The molecule has 0 spiro atoms. The Kier molecular flexibility index (Phi) is 6.13. The summed E-state index contributed by atoms with van der Waals surface area (Å²) in [5, 5.41) is 12.2. The minimum Gasteiger partial charge on any atom is -0.497 e. The molecule has 0 aliphatic carbocycles. The Morgan fingerprint density at radius 3 is 2.50 bits per heavy atom. The molecule has 166 valence electrons. The summed E-state index contributed by atoms with van der Waals surface area (Å²) in [7, 11) is -2.64. The number of sulfonamides is 1. The number of ether oxygens (including phenoxy) is 1. The normalized spacial score (nSPS) is 16.4. The third-order valence-electron chi connectivity index (χ3n) is 5.48. The summed E-state index contributed by atoms with van der Waals surface area (Å²) in [6.45, 7) is 0.143. The fourth-order valence-corrected chi connectivity index (χ4v) is 5.80. The smallest absolute Gasteiger partial charge is 0.289 e. The highest BCUT2D eigenvalue weighted by atomic mass is 35.5. The lowest BCUT2D eigenvalue weighted by Crippen LogP contribution is -2.38. The SMILES string of the molecule is COc1ccc2c(c1)CN(S(=O)(=O)c1ccccc1[N+](=O)[O-])CC2c1ccc(Cl)c(Cl)c1. The highest BCUT2D eigenvalue weighted by Gasteiger charge is 2.37. The van der Waals surface area contributed by atoms with E-state index >= 15 is 0 Å². The number of rotatable bonds is 5. The van der Waals surface area contributed by atoms with Gasteiger partial charge in [-0.15, -0.1) is 0 Å². The van der Waals surface area contributed by atoms with Gasteiger partial charge in [0.15, 0.2) is 4.90 Å². The van der Waals surface area contributed by atoms with Gasteiger partial charge in [0.2, 0.25) is 10.0 Å².